The van der Waals surface area contributed by atoms with E-state index in [1.807, 2.05) is 0 Å². The zero-order valence-corrected chi connectivity index (χ0v) is 16.2. The van der Waals surface area contributed by atoms with Crippen molar-refractivity contribution in [2.24, 2.45) is 17.3 Å². The van der Waals surface area contributed by atoms with Crippen LogP contribution in [-0.4, -0.2) is 21.0 Å². The molecule has 1 aromatic rings. The maximum absolute atomic E-state index is 13.2. The van der Waals surface area contributed by atoms with Gasteiger partial charge in [-0.05, 0) is 63.2 Å². The Bertz CT molecular complexity index is 670. The second kappa shape index (κ2) is 5.91. The summed E-state index contributed by atoms with van der Waals surface area (Å²) in [6.45, 7) is 0. The Labute approximate surface area is 158 Å². The van der Waals surface area contributed by atoms with Crippen molar-refractivity contribution in [3.8, 4) is 0 Å². The third-order valence-electron chi connectivity index (χ3n) is 7.09. The molecule has 0 aromatic carbocycles. The number of carbonyl (C=O) groups excluding carboxylic acids is 1. The van der Waals surface area contributed by atoms with Gasteiger partial charge in [-0.25, -0.2) is 0 Å². The molecular weight excluding hydrogens is 354 g/mol. The zero-order chi connectivity index (χ0) is 17.1. The molecular formula is C19H26ClN3OS. The van der Waals surface area contributed by atoms with Crippen LogP contribution in [0.5, 0.6) is 0 Å². The van der Waals surface area contributed by atoms with E-state index in [1.54, 1.807) is 11.3 Å². The molecule has 1 N–H and O–H groups in total. The SMILES string of the molecule is O=C(Nc1nnc(C2CCCCC2)s1)C12CC3CC(CC(Cl)(C3)C1)C2. The van der Waals surface area contributed by atoms with Crippen LogP contribution >= 0.6 is 22.9 Å². The molecule has 1 amide bonds. The lowest BCUT2D eigenvalue weighted by atomic mass is 9.49. The summed E-state index contributed by atoms with van der Waals surface area (Å²) in [5, 5.41) is 13.6. The van der Waals surface area contributed by atoms with Crippen molar-refractivity contribution in [3.63, 3.8) is 0 Å². The molecule has 5 saturated carbocycles. The molecule has 2 unspecified atom stereocenters. The van der Waals surface area contributed by atoms with E-state index >= 15 is 0 Å². The molecule has 0 spiro atoms. The first-order valence-corrected chi connectivity index (χ1v) is 11.1. The molecule has 1 heterocycles. The average Bonchev–Trinajstić information content (AvgIpc) is 3.02. The number of aromatic nitrogens is 2. The molecule has 6 rings (SSSR count). The van der Waals surface area contributed by atoms with E-state index in [4.69, 9.17) is 11.6 Å². The van der Waals surface area contributed by atoms with Crippen LogP contribution in [0.4, 0.5) is 5.13 Å². The number of nitrogens with one attached hydrogen (secondary N) is 1. The van der Waals surface area contributed by atoms with E-state index in [2.05, 4.69) is 15.5 Å². The number of hydrogen-bond donors (Lipinski definition) is 1. The Morgan fingerprint density at radius 1 is 1.08 bits per heavy atom. The summed E-state index contributed by atoms with van der Waals surface area (Å²) < 4.78 is 0. The van der Waals surface area contributed by atoms with Gasteiger partial charge in [0.25, 0.3) is 0 Å². The van der Waals surface area contributed by atoms with Gasteiger partial charge in [0.1, 0.15) is 5.01 Å². The van der Waals surface area contributed by atoms with Crippen LogP contribution in [0.15, 0.2) is 0 Å². The number of anilines is 1. The topological polar surface area (TPSA) is 54.9 Å². The summed E-state index contributed by atoms with van der Waals surface area (Å²) in [7, 11) is 0. The van der Waals surface area contributed by atoms with E-state index in [0.29, 0.717) is 22.9 Å². The van der Waals surface area contributed by atoms with Gasteiger partial charge >= 0.3 is 0 Å². The largest absolute Gasteiger partial charge is 0.300 e. The lowest BCUT2D eigenvalue weighted by molar-refractivity contribution is -0.138. The fourth-order valence-electron chi connectivity index (χ4n) is 6.45. The fourth-order valence-corrected chi connectivity index (χ4v) is 8.05. The van der Waals surface area contributed by atoms with Crippen molar-refractivity contribution in [3.05, 3.63) is 5.01 Å². The Morgan fingerprint density at radius 3 is 2.48 bits per heavy atom. The van der Waals surface area contributed by atoms with Crippen LogP contribution < -0.4 is 5.32 Å². The molecule has 4 nitrogen and oxygen atoms in total. The van der Waals surface area contributed by atoms with Crippen LogP contribution in [0, 0.1) is 17.3 Å². The highest BCUT2D eigenvalue weighted by atomic mass is 35.5. The second-order valence-corrected chi connectivity index (χ2v) is 10.9. The third kappa shape index (κ3) is 2.91. The minimum absolute atomic E-state index is 0.129. The minimum atomic E-state index is -0.261. The standard InChI is InChI=1S/C19H26ClN3OS/c20-19-9-12-6-13(10-19)8-18(7-12,11-19)16(24)21-17-23-22-15(25-17)14-4-2-1-3-5-14/h12-14H,1-11H2,(H,21,23,24). The smallest absolute Gasteiger partial charge is 0.232 e. The Morgan fingerprint density at radius 2 is 1.80 bits per heavy atom. The summed E-state index contributed by atoms with van der Waals surface area (Å²) in [5.41, 5.74) is -0.261. The average molecular weight is 380 g/mol. The van der Waals surface area contributed by atoms with Gasteiger partial charge in [0.05, 0.1) is 5.41 Å². The second-order valence-electron chi connectivity index (χ2n) is 9.13. The normalized spacial score (nSPS) is 40.4. The van der Waals surface area contributed by atoms with E-state index < -0.39 is 0 Å². The zero-order valence-electron chi connectivity index (χ0n) is 14.6. The van der Waals surface area contributed by atoms with Crippen LogP contribution in [0.25, 0.3) is 0 Å². The van der Waals surface area contributed by atoms with Gasteiger partial charge in [-0.3, -0.25) is 4.79 Å². The van der Waals surface area contributed by atoms with Crippen molar-refractivity contribution in [1.29, 1.82) is 0 Å². The summed E-state index contributed by atoms with van der Waals surface area (Å²) in [4.78, 5) is 13.0. The predicted octanol–water partition coefficient (Wildman–Crippen LogP) is 5.10. The number of alkyl halides is 1. The van der Waals surface area contributed by atoms with Crippen molar-refractivity contribution in [2.75, 3.05) is 5.32 Å². The van der Waals surface area contributed by atoms with Crippen LogP contribution in [-0.2, 0) is 4.79 Å². The highest BCUT2D eigenvalue weighted by molar-refractivity contribution is 7.15. The van der Waals surface area contributed by atoms with Crippen molar-refractivity contribution in [2.45, 2.75) is 81.4 Å². The van der Waals surface area contributed by atoms with Gasteiger partial charge in [-0.1, -0.05) is 30.6 Å². The van der Waals surface area contributed by atoms with Gasteiger partial charge in [0, 0.05) is 10.8 Å². The van der Waals surface area contributed by atoms with Gasteiger partial charge in [-0.15, -0.1) is 21.8 Å². The number of nitrogens with zero attached hydrogens (tertiary/aromatic N) is 2. The molecule has 1 aromatic heterocycles. The Kier molecular flexibility index (Phi) is 3.90. The molecule has 0 radical (unpaired) electrons. The Hall–Kier alpha value is -0.680. The summed E-state index contributed by atoms with van der Waals surface area (Å²) in [6.07, 6.45) is 12.7. The van der Waals surface area contributed by atoms with E-state index in [-0.39, 0.29) is 16.2 Å². The summed E-state index contributed by atoms with van der Waals surface area (Å²) in [6, 6.07) is 0. The predicted molar refractivity (Wildman–Crippen MR) is 100 cm³/mol. The molecule has 4 bridgehead atoms. The number of amides is 1. The monoisotopic (exact) mass is 379 g/mol. The molecule has 6 heteroatoms. The van der Waals surface area contributed by atoms with Crippen molar-refractivity contribution in [1.82, 2.24) is 10.2 Å². The van der Waals surface area contributed by atoms with Crippen molar-refractivity contribution >= 4 is 34.0 Å². The molecule has 5 fully saturated rings. The maximum Gasteiger partial charge on any atom is 0.232 e. The quantitative estimate of drug-likeness (QED) is 0.743. The molecule has 0 aliphatic heterocycles. The molecule has 5 aliphatic carbocycles. The first-order valence-electron chi connectivity index (χ1n) is 9.87. The molecule has 5 aliphatic rings. The highest BCUT2D eigenvalue weighted by Gasteiger charge is 2.60. The summed E-state index contributed by atoms with van der Waals surface area (Å²) in [5.74, 6) is 1.97. The van der Waals surface area contributed by atoms with Crippen LogP contribution in [0.1, 0.15) is 81.6 Å². The minimum Gasteiger partial charge on any atom is -0.300 e. The van der Waals surface area contributed by atoms with E-state index in [1.165, 1.54) is 38.5 Å². The van der Waals surface area contributed by atoms with E-state index in [9.17, 15) is 4.79 Å². The highest BCUT2D eigenvalue weighted by Crippen LogP contribution is 2.64. The molecule has 0 saturated heterocycles. The number of rotatable bonds is 3. The maximum atomic E-state index is 13.2. The van der Waals surface area contributed by atoms with Crippen LogP contribution in [0.3, 0.4) is 0 Å². The first-order chi connectivity index (χ1) is 12.0. The van der Waals surface area contributed by atoms with Gasteiger partial charge < -0.3 is 5.32 Å². The molecule has 136 valence electrons. The van der Waals surface area contributed by atoms with Crippen LogP contribution in [0.2, 0.25) is 0 Å². The number of hydrogen-bond acceptors (Lipinski definition) is 4. The fraction of sp³-hybridized carbons (Fsp3) is 0.842. The van der Waals surface area contributed by atoms with Gasteiger partial charge in [0.15, 0.2) is 0 Å². The number of halogens is 1. The third-order valence-corrected chi connectivity index (χ3v) is 8.53. The molecule has 2 atom stereocenters. The molecule has 25 heavy (non-hydrogen) atoms. The lowest BCUT2D eigenvalue weighted by Gasteiger charge is -2.59. The lowest BCUT2D eigenvalue weighted by Crippen LogP contribution is -2.57. The van der Waals surface area contributed by atoms with Gasteiger partial charge in [-0.2, -0.15) is 0 Å². The first kappa shape index (κ1) is 16.5. The summed E-state index contributed by atoms with van der Waals surface area (Å²) >= 11 is 8.45. The van der Waals surface area contributed by atoms with Gasteiger partial charge in [0.2, 0.25) is 11.0 Å². The number of carbonyl (C=O) groups is 1. The van der Waals surface area contributed by atoms with Crippen molar-refractivity contribution < 1.29 is 4.79 Å². The van der Waals surface area contributed by atoms with E-state index in [0.717, 1.165) is 37.1 Å². The Balaban J connectivity index is 1.31.